The number of hydrogen-bond donors (Lipinski definition) is 3. The third-order valence-corrected chi connectivity index (χ3v) is 16.7. The SMILES string of the molecule is Cc1ccc(S(=O)(=O)OC2CCN(S(C)(=O)=O)C2)cc1.[C-]#[N+]c1cc2c(-c3cncc(N)c3Cl)c[nH]c2cc1C.[C-]#[N+]c1cc2c(-c3cncc(N)c3Cl)cn(C3CCN(S(C)(=O)=O)C3)c2cc1C. The maximum Gasteiger partial charge on any atom is 0.297 e. The highest BCUT2D eigenvalue weighted by atomic mass is 35.5. The summed E-state index contributed by atoms with van der Waals surface area (Å²) < 4.78 is 80.7. The van der Waals surface area contributed by atoms with Crippen molar-refractivity contribution in [3.05, 3.63) is 135 Å². The number of aromatic amines is 1. The molecule has 4 aromatic heterocycles. The number of nitrogens with zero attached hydrogens (tertiary/aromatic N) is 7. The van der Waals surface area contributed by atoms with Crippen molar-refractivity contribution in [1.82, 2.24) is 28.1 Å². The van der Waals surface area contributed by atoms with Crippen molar-refractivity contribution in [2.75, 3.05) is 50.2 Å². The van der Waals surface area contributed by atoms with Crippen molar-refractivity contribution >= 4 is 97.9 Å². The molecule has 2 atom stereocenters. The minimum Gasteiger partial charge on any atom is -0.396 e. The van der Waals surface area contributed by atoms with Crippen LogP contribution in [0.15, 0.2) is 90.6 Å². The van der Waals surface area contributed by atoms with Crippen molar-refractivity contribution in [2.24, 2.45) is 0 Å². The first-order valence-corrected chi connectivity index (χ1v) is 27.1. The van der Waals surface area contributed by atoms with Gasteiger partial charge < -0.3 is 21.0 Å². The maximum absolute atomic E-state index is 12.1. The average molecular weight is 1030 g/mol. The number of benzene rings is 3. The molecule has 2 aliphatic heterocycles. The molecule has 69 heavy (non-hydrogen) atoms. The molecule has 2 unspecified atom stereocenters. The third kappa shape index (κ3) is 11.0. The van der Waals surface area contributed by atoms with Gasteiger partial charge in [-0.3, -0.25) is 14.2 Å². The summed E-state index contributed by atoms with van der Waals surface area (Å²) in [4.78, 5) is 18.7. The molecule has 0 spiro atoms. The van der Waals surface area contributed by atoms with Gasteiger partial charge in [-0.1, -0.05) is 40.9 Å². The number of sulfonamides is 2. The number of aromatic nitrogens is 4. The van der Waals surface area contributed by atoms with Crippen molar-refractivity contribution in [3.63, 3.8) is 0 Å². The fraction of sp³-hybridized carbons (Fsp3) is 0.277. The van der Waals surface area contributed by atoms with Crippen LogP contribution in [0.25, 0.3) is 53.7 Å². The molecule has 0 amide bonds. The summed E-state index contributed by atoms with van der Waals surface area (Å²) in [6, 6.07) is 14.0. The smallest absolute Gasteiger partial charge is 0.297 e. The zero-order chi connectivity index (χ0) is 50.2. The number of fused-ring (bicyclic) bond motifs is 2. The first kappa shape index (κ1) is 50.8. The van der Waals surface area contributed by atoms with E-state index in [0.29, 0.717) is 64.3 Å². The Morgan fingerprint density at radius 1 is 0.710 bits per heavy atom. The predicted molar refractivity (Wildman–Crippen MR) is 272 cm³/mol. The lowest BCUT2D eigenvalue weighted by Gasteiger charge is -2.16. The van der Waals surface area contributed by atoms with Crippen LogP contribution in [0.1, 0.15) is 35.6 Å². The summed E-state index contributed by atoms with van der Waals surface area (Å²) in [6.07, 6.45) is 13.0. The molecule has 0 radical (unpaired) electrons. The Labute approximate surface area is 411 Å². The normalized spacial score (nSPS) is 16.7. The lowest BCUT2D eigenvalue weighted by Crippen LogP contribution is -2.29. The fourth-order valence-corrected chi connectivity index (χ4v) is 11.4. The molecule has 9 rings (SSSR count). The van der Waals surface area contributed by atoms with Crippen molar-refractivity contribution < 1.29 is 29.4 Å². The van der Waals surface area contributed by atoms with Gasteiger partial charge in [0.05, 0.1) is 70.5 Å². The van der Waals surface area contributed by atoms with Crippen LogP contribution >= 0.6 is 23.2 Å². The number of halogens is 2. The maximum atomic E-state index is 12.1. The van der Waals surface area contributed by atoms with Gasteiger partial charge in [0.1, 0.15) is 0 Å². The Kier molecular flexibility index (Phi) is 14.8. The van der Waals surface area contributed by atoms with Gasteiger partial charge in [-0.25, -0.2) is 30.8 Å². The van der Waals surface area contributed by atoms with E-state index in [-0.39, 0.29) is 24.0 Å². The van der Waals surface area contributed by atoms with Crippen LogP contribution in [-0.2, 0) is 34.3 Å². The molecule has 360 valence electrons. The Morgan fingerprint density at radius 3 is 1.80 bits per heavy atom. The largest absolute Gasteiger partial charge is 0.396 e. The first-order valence-electron chi connectivity index (χ1n) is 21.2. The van der Waals surface area contributed by atoms with Crippen LogP contribution in [0.5, 0.6) is 0 Å². The van der Waals surface area contributed by atoms with E-state index in [0.717, 1.165) is 61.4 Å². The molecule has 22 heteroatoms. The topological polar surface area (TPSA) is 225 Å². The second-order valence-electron chi connectivity index (χ2n) is 16.9. The van der Waals surface area contributed by atoms with Gasteiger partial charge in [-0.15, -0.1) is 0 Å². The Balaban J connectivity index is 0.000000157. The molecule has 2 fully saturated rings. The van der Waals surface area contributed by atoms with E-state index >= 15 is 0 Å². The highest BCUT2D eigenvalue weighted by molar-refractivity contribution is 7.88. The summed E-state index contributed by atoms with van der Waals surface area (Å²) in [6.45, 7) is 21.6. The number of hydrogen-bond acceptors (Lipinski definition) is 11. The van der Waals surface area contributed by atoms with E-state index in [4.69, 9.17) is 52.0 Å². The minimum atomic E-state index is -3.85. The Bertz CT molecular complexity index is 3550. The summed E-state index contributed by atoms with van der Waals surface area (Å²) in [5, 5.41) is 2.70. The quantitative estimate of drug-likeness (QED) is 0.0961. The van der Waals surface area contributed by atoms with Gasteiger partial charge in [-0.05, 0) is 91.9 Å². The Morgan fingerprint density at radius 2 is 1.25 bits per heavy atom. The van der Waals surface area contributed by atoms with Crippen LogP contribution in [0.3, 0.4) is 0 Å². The number of rotatable bonds is 8. The highest BCUT2D eigenvalue weighted by Crippen LogP contribution is 2.42. The van der Waals surface area contributed by atoms with Crippen molar-refractivity contribution in [1.29, 1.82) is 0 Å². The predicted octanol–water partition coefficient (Wildman–Crippen LogP) is 9.06. The van der Waals surface area contributed by atoms with Crippen LogP contribution in [0.4, 0.5) is 22.7 Å². The molecule has 0 aliphatic carbocycles. The van der Waals surface area contributed by atoms with Crippen LogP contribution in [0, 0.1) is 33.9 Å². The number of nitrogens with two attached hydrogens (primary N) is 2. The molecule has 5 N–H and O–H groups in total. The average Bonchev–Trinajstić information content (AvgIpc) is 4.12. The van der Waals surface area contributed by atoms with Gasteiger partial charge >= 0.3 is 0 Å². The lowest BCUT2D eigenvalue weighted by atomic mass is 10.0. The second-order valence-corrected chi connectivity index (χ2v) is 23.1. The summed E-state index contributed by atoms with van der Waals surface area (Å²) in [5.41, 5.74) is 21.6. The van der Waals surface area contributed by atoms with Crippen molar-refractivity contribution in [3.8, 4) is 22.3 Å². The number of aryl methyl sites for hydroxylation is 3. The van der Waals surface area contributed by atoms with Gasteiger partial charge in [0.2, 0.25) is 20.0 Å². The number of nitrogen functional groups attached to an aromatic ring is 2. The summed E-state index contributed by atoms with van der Waals surface area (Å²) >= 11 is 12.7. The van der Waals surface area contributed by atoms with Crippen LogP contribution in [-0.4, -0.2) is 98.2 Å². The summed E-state index contributed by atoms with van der Waals surface area (Å²) in [5.74, 6) is 0. The van der Waals surface area contributed by atoms with Gasteiger partial charge in [-0.2, -0.15) is 12.7 Å². The van der Waals surface area contributed by atoms with Gasteiger partial charge in [0.15, 0.2) is 11.4 Å². The minimum absolute atomic E-state index is 0.00745. The molecule has 17 nitrogen and oxygen atoms in total. The molecule has 6 heterocycles. The monoisotopic (exact) mass is 1030 g/mol. The van der Waals surface area contributed by atoms with E-state index in [2.05, 4.69) is 29.2 Å². The number of anilines is 2. The standard InChI is InChI=1S/C20H20ClN5O2S.C15H11ClN4.C12H17NO5S2/c1-12-6-19-14(7-18(12)23-2)16(15-8-24-9-17(22)20(15)21)11-26(19)13-4-5-25(10-13)29(3,27)28;1-8-3-14-9(4-13(8)18-2)10(6-20-14)11-5-19-7-12(17)15(11)16;1-10-3-5-12(6-4-10)20(16,17)18-11-7-8-13(9-11)19(2,14)15/h6-9,11,13H,4-5,10,22H2,1,3H3;3-7,20H,17H2,1H3;3-6,11H,7-9H2,1-2H3. The van der Waals surface area contributed by atoms with Crippen LogP contribution < -0.4 is 11.5 Å². The molecule has 2 aliphatic rings. The molecular weight excluding hydrogens is 984 g/mol. The lowest BCUT2D eigenvalue weighted by molar-refractivity contribution is 0.222. The zero-order valence-electron chi connectivity index (χ0n) is 38.1. The fourth-order valence-electron chi connectivity index (χ4n) is 8.19. The van der Waals surface area contributed by atoms with E-state index in [1.165, 1.54) is 39.4 Å². The Hall–Kier alpha value is -6.07. The number of H-pyrrole nitrogens is 1. The van der Waals surface area contributed by atoms with Gasteiger partial charge in [0.25, 0.3) is 10.1 Å². The highest BCUT2D eigenvalue weighted by Gasteiger charge is 2.33. The first-order chi connectivity index (χ1) is 32.5. The molecule has 0 bridgehead atoms. The number of pyridine rings is 2. The zero-order valence-corrected chi connectivity index (χ0v) is 42.1. The third-order valence-electron chi connectivity index (χ3n) is 11.9. The van der Waals surface area contributed by atoms with Crippen molar-refractivity contribution in [2.45, 2.75) is 50.7 Å². The molecule has 3 aromatic carbocycles. The van der Waals surface area contributed by atoms with Gasteiger partial charge in [0, 0.05) is 90.3 Å². The molecule has 7 aromatic rings. The van der Waals surface area contributed by atoms with E-state index in [1.54, 1.807) is 24.5 Å². The van der Waals surface area contributed by atoms with E-state index in [1.807, 2.05) is 57.4 Å². The molecule has 0 saturated carbocycles. The van der Waals surface area contributed by atoms with Crippen LogP contribution in [0.2, 0.25) is 10.0 Å². The molecule has 2 saturated heterocycles. The van der Waals surface area contributed by atoms with E-state index < -0.39 is 36.3 Å². The van der Waals surface area contributed by atoms with E-state index in [9.17, 15) is 25.3 Å². The molecular formula is C47H48Cl2N10O7S3. The summed E-state index contributed by atoms with van der Waals surface area (Å²) in [7, 11) is -10.4. The number of nitrogens with one attached hydrogen (secondary N) is 1. The second kappa shape index (κ2) is 20.1.